The molecule has 0 bridgehead atoms. The van der Waals surface area contributed by atoms with Gasteiger partial charge in [-0.1, -0.05) is 34.1 Å². The summed E-state index contributed by atoms with van der Waals surface area (Å²) in [5.41, 5.74) is 0.690. The fourth-order valence-electron chi connectivity index (χ4n) is 0.911. The third-order valence-corrected chi connectivity index (χ3v) is 3.21. The van der Waals surface area contributed by atoms with Crippen molar-refractivity contribution >= 4 is 10.2 Å². The van der Waals surface area contributed by atoms with Crippen molar-refractivity contribution < 1.29 is 0 Å². The van der Waals surface area contributed by atoms with E-state index in [0.29, 0.717) is 5.54 Å². The molecule has 0 rings (SSSR count). The Morgan fingerprint density at radius 3 is 1.78 bits per heavy atom. The summed E-state index contributed by atoms with van der Waals surface area (Å²) in [5, 5.41) is 0. The predicted molar refractivity (Wildman–Crippen MR) is 43.8 cm³/mol. The Morgan fingerprint density at radius 2 is 1.67 bits per heavy atom. The first kappa shape index (κ1) is 9.22. The monoisotopic (exact) mass is 141 g/mol. The van der Waals surface area contributed by atoms with Crippen LogP contribution in [-0.2, 0) is 0 Å². The molecule has 0 aliphatic carbocycles. The lowest BCUT2D eigenvalue weighted by molar-refractivity contribution is 0.429. The van der Waals surface area contributed by atoms with Crippen LogP contribution in [0.5, 0.6) is 0 Å². The van der Waals surface area contributed by atoms with Gasteiger partial charge in [-0.3, -0.25) is 0 Å². The summed E-state index contributed by atoms with van der Waals surface area (Å²) in [6.45, 7) is 9.03. The first-order valence-corrected chi connectivity index (χ1v) is 4.38. The maximum Gasteiger partial charge on any atom is 0.0273 e. The maximum atomic E-state index is 3.72. The fourth-order valence-corrected chi connectivity index (χ4v) is 1.15. The number of rotatable bonds is 3. The second-order valence-electron chi connectivity index (χ2n) is 3.16. The average molecular weight is 141 g/mol. The Morgan fingerprint density at radius 1 is 1.22 bits per heavy atom. The average Bonchev–Trinajstić information content (AvgIpc) is 1.84. The van der Waals surface area contributed by atoms with Crippen LogP contribution in [-0.4, -0.2) is 10.2 Å². The van der Waals surface area contributed by atoms with Crippen molar-refractivity contribution in [2.24, 2.45) is 11.8 Å². The van der Waals surface area contributed by atoms with Crippen LogP contribution < -0.4 is 0 Å². The van der Waals surface area contributed by atoms with E-state index >= 15 is 0 Å². The van der Waals surface area contributed by atoms with Gasteiger partial charge in [0.2, 0.25) is 0 Å². The van der Waals surface area contributed by atoms with E-state index in [9.17, 15) is 0 Å². The summed E-state index contributed by atoms with van der Waals surface area (Å²) in [4.78, 5) is 0. The Labute approximate surface area is 62.5 Å². The molecule has 0 fully saturated rings. The van der Waals surface area contributed by atoms with Crippen LogP contribution in [0.4, 0.5) is 0 Å². The number of hydrogen-bond acceptors (Lipinski definition) is 0. The second-order valence-corrected chi connectivity index (χ2v) is 3.82. The van der Waals surface area contributed by atoms with Gasteiger partial charge in [0.15, 0.2) is 0 Å². The molecule has 0 aliphatic rings. The van der Waals surface area contributed by atoms with E-state index in [4.69, 9.17) is 0 Å². The molecule has 0 spiro atoms. The molecule has 0 N–H and O–H groups in total. The van der Waals surface area contributed by atoms with Crippen LogP contribution in [0.15, 0.2) is 0 Å². The normalized spacial score (nSPS) is 18.0. The van der Waals surface area contributed by atoms with Gasteiger partial charge in [-0.15, -0.1) is 0 Å². The minimum Gasteiger partial charge on any atom is -0.0651 e. The molecule has 0 saturated heterocycles. The van der Waals surface area contributed by atoms with Crippen molar-refractivity contribution in [3.05, 3.63) is 0 Å². The van der Waals surface area contributed by atoms with Gasteiger partial charge in [0.25, 0.3) is 0 Å². The molecular weight excluding hydrogens is 124 g/mol. The highest BCUT2D eigenvalue weighted by atomic mass is 28.1. The van der Waals surface area contributed by atoms with Gasteiger partial charge < -0.3 is 0 Å². The molecule has 0 nitrogen and oxygen atoms in total. The SMILES string of the molecule is CCC(C)C([Si])C(C)C. The third-order valence-electron chi connectivity index (χ3n) is 1.98. The predicted octanol–water partition coefficient (Wildman–Crippen LogP) is 2.65. The molecular formula is C8H17Si. The molecule has 53 valence electrons. The summed E-state index contributed by atoms with van der Waals surface area (Å²) < 4.78 is 0. The van der Waals surface area contributed by atoms with E-state index in [2.05, 4.69) is 37.9 Å². The lowest BCUT2D eigenvalue weighted by Crippen LogP contribution is -2.10. The smallest absolute Gasteiger partial charge is 0.0273 e. The minimum absolute atomic E-state index is 0.690. The van der Waals surface area contributed by atoms with Gasteiger partial charge in [-0.05, 0) is 17.4 Å². The van der Waals surface area contributed by atoms with Crippen LogP contribution in [0.3, 0.4) is 0 Å². The van der Waals surface area contributed by atoms with Crippen molar-refractivity contribution in [3.8, 4) is 0 Å². The van der Waals surface area contributed by atoms with Crippen molar-refractivity contribution in [1.82, 2.24) is 0 Å². The highest BCUT2D eigenvalue weighted by molar-refractivity contribution is 6.11. The van der Waals surface area contributed by atoms with Gasteiger partial charge >= 0.3 is 0 Å². The molecule has 0 aromatic rings. The molecule has 0 heterocycles. The van der Waals surface area contributed by atoms with E-state index < -0.39 is 0 Å². The number of hydrogen-bond donors (Lipinski definition) is 0. The van der Waals surface area contributed by atoms with Crippen LogP contribution in [0, 0.1) is 11.8 Å². The zero-order chi connectivity index (χ0) is 7.44. The molecule has 0 saturated carbocycles. The molecule has 0 aromatic heterocycles. The topological polar surface area (TPSA) is 0 Å². The first-order chi connectivity index (χ1) is 4.09. The molecule has 0 aromatic carbocycles. The highest BCUT2D eigenvalue weighted by Crippen LogP contribution is 2.25. The summed E-state index contributed by atoms with van der Waals surface area (Å²) in [6, 6.07) is 0. The first-order valence-electron chi connectivity index (χ1n) is 3.80. The summed E-state index contributed by atoms with van der Waals surface area (Å²) in [5.74, 6) is 1.57. The minimum atomic E-state index is 0.690. The summed E-state index contributed by atoms with van der Waals surface area (Å²) in [6.07, 6.45) is 1.27. The maximum absolute atomic E-state index is 3.72. The Bertz CT molecular complexity index is 69.0. The van der Waals surface area contributed by atoms with Gasteiger partial charge in [0, 0.05) is 10.2 Å². The van der Waals surface area contributed by atoms with Crippen LogP contribution in [0.2, 0.25) is 5.54 Å². The van der Waals surface area contributed by atoms with Crippen LogP contribution >= 0.6 is 0 Å². The largest absolute Gasteiger partial charge is 0.0651 e. The van der Waals surface area contributed by atoms with Gasteiger partial charge in [-0.25, -0.2) is 0 Å². The van der Waals surface area contributed by atoms with Crippen LogP contribution in [0.25, 0.3) is 0 Å². The zero-order valence-corrected chi connectivity index (χ0v) is 7.94. The van der Waals surface area contributed by atoms with Gasteiger partial charge in [-0.2, -0.15) is 0 Å². The van der Waals surface area contributed by atoms with Crippen molar-refractivity contribution in [3.63, 3.8) is 0 Å². The summed E-state index contributed by atoms with van der Waals surface area (Å²) >= 11 is 0. The van der Waals surface area contributed by atoms with Crippen molar-refractivity contribution in [2.75, 3.05) is 0 Å². The van der Waals surface area contributed by atoms with Crippen molar-refractivity contribution in [1.29, 1.82) is 0 Å². The van der Waals surface area contributed by atoms with E-state index in [0.717, 1.165) is 11.8 Å². The molecule has 1 heteroatoms. The van der Waals surface area contributed by atoms with Crippen LogP contribution in [0.1, 0.15) is 34.1 Å². The zero-order valence-electron chi connectivity index (χ0n) is 6.94. The Balaban J connectivity index is 3.58. The van der Waals surface area contributed by atoms with E-state index in [1.807, 2.05) is 0 Å². The van der Waals surface area contributed by atoms with Crippen molar-refractivity contribution in [2.45, 2.75) is 39.7 Å². The third kappa shape index (κ3) is 3.04. The van der Waals surface area contributed by atoms with E-state index in [1.54, 1.807) is 0 Å². The lowest BCUT2D eigenvalue weighted by atomic mass is 9.96. The highest BCUT2D eigenvalue weighted by Gasteiger charge is 2.12. The molecule has 2 unspecified atom stereocenters. The molecule has 0 amide bonds. The Hall–Kier alpha value is 0.217. The van der Waals surface area contributed by atoms with Gasteiger partial charge in [0.1, 0.15) is 0 Å². The molecule has 0 aliphatic heterocycles. The van der Waals surface area contributed by atoms with E-state index in [-0.39, 0.29) is 0 Å². The standard InChI is InChI=1S/C8H17Si/c1-5-7(4)8(9)6(2)3/h6-8H,5H2,1-4H3. The lowest BCUT2D eigenvalue weighted by Gasteiger charge is -2.21. The quantitative estimate of drug-likeness (QED) is 0.530. The van der Waals surface area contributed by atoms with E-state index in [1.165, 1.54) is 6.42 Å². The van der Waals surface area contributed by atoms with Gasteiger partial charge in [0.05, 0.1) is 0 Å². The molecule has 3 radical (unpaired) electrons. The molecule has 2 atom stereocenters. The molecule has 9 heavy (non-hydrogen) atoms. The Kier molecular flexibility index (Phi) is 4.20. The summed E-state index contributed by atoms with van der Waals surface area (Å²) in [7, 11) is 3.72. The second kappa shape index (κ2) is 4.10. The fraction of sp³-hybridized carbons (Fsp3) is 1.00.